The number of rotatable bonds is 0. The van der Waals surface area contributed by atoms with Gasteiger partial charge in [0.15, 0.2) is 8.07 Å². The Morgan fingerprint density at radius 3 is 2.00 bits per heavy atom. The number of fused-ring (bicyclic) bond motifs is 10. The molecule has 0 saturated heterocycles. The molecule has 26 heavy (non-hydrogen) atoms. The van der Waals surface area contributed by atoms with Crippen LogP contribution < -0.4 is 20.7 Å². The maximum atomic E-state index is 4.83. The van der Waals surface area contributed by atoms with Gasteiger partial charge in [0.05, 0.1) is 5.69 Å². The SMILES string of the molecule is Cc1ccc2c(c1)[Si]1(c3ccccc3-c3ccccc31)c1cccnc1-2. The van der Waals surface area contributed by atoms with Crippen LogP contribution in [-0.4, -0.2) is 13.1 Å². The van der Waals surface area contributed by atoms with Gasteiger partial charge in [-0.1, -0.05) is 78.4 Å². The predicted octanol–water partition coefficient (Wildman–Crippen LogP) is 2.73. The quantitative estimate of drug-likeness (QED) is 0.385. The predicted molar refractivity (Wildman–Crippen MR) is 111 cm³/mol. The number of nitrogens with zero attached hydrogens (tertiary/aromatic N) is 1. The highest BCUT2D eigenvalue weighted by Gasteiger charge is 2.54. The molecule has 2 aliphatic rings. The normalized spacial score (nSPS) is 14.7. The van der Waals surface area contributed by atoms with Crippen molar-refractivity contribution in [1.29, 1.82) is 0 Å². The third-order valence-corrected chi connectivity index (χ3v) is 10.9. The third-order valence-electron chi connectivity index (χ3n) is 6.00. The molecule has 0 saturated carbocycles. The van der Waals surface area contributed by atoms with E-state index in [4.69, 9.17) is 4.98 Å². The van der Waals surface area contributed by atoms with E-state index < -0.39 is 8.07 Å². The molecule has 0 fully saturated rings. The highest BCUT2D eigenvalue weighted by Crippen LogP contribution is 2.34. The summed E-state index contributed by atoms with van der Waals surface area (Å²) < 4.78 is 0. The summed E-state index contributed by atoms with van der Waals surface area (Å²) in [4.78, 5) is 4.83. The molecular weight excluding hydrogens is 330 g/mol. The van der Waals surface area contributed by atoms with Gasteiger partial charge >= 0.3 is 0 Å². The minimum absolute atomic E-state index is 1.18. The van der Waals surface area contributed by atoms with Crippen molar-refractivity contribution in [1.82, 2.24) is 4.98 Å². The summed E-state index contributed by atoms with van der Waals surface area (Å²) in [6, 6.07) is 29.4. The maximum Gasteiger partial charge on any atom is 0.183 e. The Morgan fingerprint density at radius 2 is 1.27 bits per heavy atom. The van der Waals surface area contributed by atoms with Gasteiger partial charge in [-0.15, -0.1) is 0 Å². The largest absolute Gasteiger partial charge is 0.256 e. The van der Waals surface area contributed by atoms with Gasteiger partial charge in [-0.2, -0.15) is 0 Å². The molecule has 0 aliphatic carbocycles. The first-order chi connectivity index (χ1) is 12.8. The molecule has 0 unspecified atom stereocenters. The van der Waals surface area contributed by atoms with Crippen LogP contribution in [0.25, 0.3) is 22.4 Å². The van der Waals surface area contributed by atoms with Gasteiger partial charge in [0.2, 0.25) is 0 Å². The van der Waals surface area contributed by atoms with Crippen LogP contribution in [0.5, 0.6) is 0 Å². The maximum absolute atomic E-state index is 4.83. The van der Waals surface area contributed by atoms with Crippen molar-refractivity contribution >= 4 is 28.8 Å². The van der Waals surface area contributed by atoms with Crippen molar-refractivity contribution in [2.45, 2.75) is 6.92 Å². The first-order valence-corrected chi connectivity index (χ1v) is 11.1. The molecule has 0 amide bonds. The second-order valence-corrected chi connectivity index (χ2v) is 10.9. The fourth-order valence-corrected chi connectivity index (χ4v) is 10.7. The van der Waals surface area contributed by atoms with E-state index >= 15 is 0 Å². The monoisotopic (exact) mass is 347 g/mol. The second kappa shape index (κ2) is 4.80. The van der Waals surface area contributed by atoms with Crippen molar-refractivity contribution in [2.75, 3.05) is 0 Å². The summed E-state index contributed by atoms with van der Waals surface area (Å²) in [5.74, 6) is 0. The number of benzene rings is 3. The highest BCUT2D eigenvalue weighted by atomic mass is 28.3. The molecule has 122 valence electrons. The summed E-state index contributed by atoms with van der Waals surface area (Å²) in [5.41, 5.74) is 6.63. The number of hydrogen-bond acceptors (Lipinski definition) is 1. The molecule has 1 nitrogen and oxygen atoms in total. The van der Waals surface area contributed by atoms with Gasteiger partial charge in [-0.3, -0.25) is 4.98 Å². The molecule has 0 bridgehead atoms. The molecule has 6 rings (SSSR count). The van der Waals surface area contributed by atoms with Gasteiger partial charge in [0, 0.05) is 11.8 Å². The zero-order valence-corrected chi connectivity index (χ0v) is 15.5. The van der Waals surface area contributed by atoms with E-state index in [2.05, 4.69) is 85.8 Å². The Morgan fingerprint density at radius 1 is 0.615 bits per heavy atom. The van der Waals surface area contributed by atoms with Crippen LogP contribution in [0.4, 0.5) is 0 Å². The number of pyridine rings is 1. The minimum atomic E-state index is -2.25. The van der Waals surface area contributed by atoms with Crippen LogP contribution >= 0.6 is 0 Å². The first-order valence-electron chi connectivity index (χ1n) is 9.08. The standard InChI is InChI=1S/C24H17NSi/c1-16-12-13-19-23(15-16)26(22-11-6-14-25-24(19)22)20-9-4-2-7-17(20)18-8-3-5-10-21(18)26/h2-15H,1H3. The molecule has 2 heteroatoms. The third kappa shape index (κ3) is 1.50. The van der Waals surface area contributed by atoms with Crippen LogP contribution in [0.15, 0.2) is 85.1 Å². The Labute approximate surface area is 154 Å². The second-order valence-electron chi connectivity index (χ2n) is 7.29. The molecular formula is C24H17NSi. The molecule has 2 aliphatic heterocycles. The summed E-state index contributed by atoms with van der Waals surface area (Å²) in [7, 11) is -2.25. The lowest BCUT2D eigenvalue weighted by Crippen LogP contribution is -2.70. The van der Waals surface area contributed by atoms with Gasteiger partial charge in [0.1, 0.15) is 0 Å². The molecule has 4 aromatic rings. The number of aryl methyl sites for hydroxylation is 1. The fourth-order valence-electron chi connectivity index (χ4n) is 5.06. The topological polar surface area (TPSA) is 12.9 Å². The molecule has 1 spiro atoms. The number of aromatic nitrogens is 1. The highest BCUT2D eigenvalue weighted by molar-refractivity contribution is 7.24. The van der Waals surface area contributed by atoms with E-state index in [0.29, 0.717) is 0 Å². The van der Waals surface area contributed by atoms with Crippen molar-refractivity contribution in [2.24, 2.45) is 0 Å². The van der Waals surface area contributed by atoms with E-state index in [-0.39, 0.29) is 0 Å². The summed E-state index contributed by atoms with van der Waals surface area (Å²) in [6.45, 7) is 2.20. The van der Waals surface area contributed by atoms with Crippen molar-refractivity contribution in [3.05, 3.63) is 90.6 Å². The summed E-state index contributed by atoms with van der Waals surface area (Å²) in [6.07, 6.45) is 1.93. The smallest absolute Gasteiger partial charge is 0.183 e. The summed E-state index contributed by atoms with van der Waals surface area (Å²) in [5, 5.41) is 5.97. The van der Waals surface area contributed by atoms with Gasteiger partial charge in [-0.05, 0) is 44.9 Å². The summed E-state index contributed by atoms with van der Waals surface area (Å²) >= 11 is 0. The van der Waals surface area contributed by atoms with Crippen LogP contribution in [0.3, 0.4) is 0 Å². The van der Waals surface area contributed by atoms with Crippen molar-refractivity contribution in [3.8, 4) is 22.4 Å². The Bertz CT molecular complexity index is 1140. The van der Waals surface area contributed by atoms with Crippen molar-refractivity contribution < 1.29 is 0 Å². The lowest BCUT2D eigenvalue weighted by Gasteiger charge is -2.27. The minimum Gasteiger partial charge on any atom is -0.256 e. The molecule has 0 radical (unpaired) electrons. The van der Waals surface area contributed by atoms with Crippen LogP contribution in [0.2, 0.25) is 0 Å². The van der Waals surface area contributed by atoms with E-state index in [9.17, 15) is 0 Å². The van der Waals surface area contributed by atoms with Crippen molar-refractivity contribution in [3.63, 3.8) is 0 Å². The van der Waals surface area contributed by atoms with E-state index in [1.165, 1.54) is 48.7 Å². The van der Waals surface area contributed by atoms with Crippen LogP contribution in [-0.2, 0) is 0 Å². The molecule has 3 aromatic carbocycles. The first kappa shape index (κ1) is 14.2. The fraction of sp³-hybridized carbons (Fsp3) is 0.0417. The Kier molecular flexibility index (Phi) is 2.63. The van der Waals surface area contributed by atoms with E-state index in [1.807, 2.05) is 6.20 Å². The van der Waals surface area contributed by atoms with Crippen LogP contribution in [0.1, 0.15) is 5.56 Å². The van der Waals surface area contributed by atoms with Gasteiger partial charge < -0.3 is 0 Å². The van der Waals surface area contributed by atoms with Gasteiger partial charge in [0.25, 0.3) is 0 Å². The Hall–Kier alpha value is -2.97. The number of hydrogen-bond donors (Lipinski definition) is 0. The van der Waals surface area contributed by atoms with Crippen LogP contribution in [0, 0.1) is 6.92 Å². The van der Waals surface area contributed by atoms with E-state index in [0.717, 1.165) is 0 Å². The Balaban J connectivity index is 1.88. The van der Waals surface area contributed by atoms with Gasteiger partial charge in [-0.25, -0.2) is 0 Å². The zero-order valence-electron chi connectivity index (χ0n) is 14.5. The molecule has 3 heterocycles. The lowest BCUT2D eigenvalue weighted by atomic mass is 10.1. The average Bonchev–Trinajstić information content (AvgIpc) is 3.15. The van der Waals surface area contributed by atoms with E-state index in [1.54, 1.807) is 0 Å². The molecule has 0 atom stereocenters. The lowest BCUT2D eigenvalue weighted by molar-refractivity contribution is 1.35. The average molecular weight is 347 g/mol. The molecule has 0 N–H and O–H groups in total. The zero-order chi connectivity index (χ0) is 17.3. The molecule has 1 aromatic heterocycles.